The summed E-state index contributed by atoms with van der Waals surface area (Å²) >= 11 is 0. The Hall–Kier alpha value is -2.81. The lowest BCUT2D eigenvalue weighted by atomic mass is 9.63. The molecule has 0 aromatic heterocycles. The Morgan fingerprint density at radius 1 is 0.821 bits per heavy atom. The van der Waals surface area contributed by atoms with Gasteiger partial charge in [0.1, 0.15) is 5.75 Å². The zero-order chi connectivity index (χ0) is 20.3. The van der Waals surface area contributed by atoms with Gasteiger partial charge in [0.05, 0.1) is 5.56 Å². The summed E-state index contributed by atoms with van der Waals surface area (Å²) in [6, 6.07) is 15.0. The van der Waals surface area contributed by atoms with E-state index in [1.54, 1.807) is 30.3 Å². The first-order valence-electron chi connectivity index (χ1n) is 9.74. The number of phenolic OH excluding ortho intramolecular Hbond substituents is 1. The Bertz CT molecular complexity index is 1090. The van der Waals surface area contributed by atoms with Crippen molar-refractivity contribution >= 4 is 16.7 Å². The van der Waals surface area contributed by atoms with Crippen LogP contribution in [0.15, 0.2) is 48.5 Å². The quantitative estimate of drug-likeness (QED) is 0.556. The van der Waals surface area contributed by atoms with E-state index in [1.807, 2.05) is 0 Å². The number of carboxylic acids is 1. The second-order valence-corrected chi connectivity index (χ2v) is 9.26. The molecule has 0 saturated heterocycles. The van der Waals surface area contributed by atoms with Crippen molar-refractivity contribution in [2.45, 2.75) is 51.4 Å². The molecular formula is C25H26O3. The average molecular weight is 374 g/mol. The number of hydrogen-bond donors (Lipinski definition) is 2. The van der Waals surface area contributed by atoms with Crippen LogP contribution in [0, 0.1) is 0 Å². The van der Waals surface area contributed by atoms with Gasteiger partial charge in [0.2, 0.25) is 0 Å². The van der Waals surface area contributed by atoms with Crippen molar-refractivity contribution < 1.29 is 15.0 Å². The second kappa shape index (κ2) is 6.10. The number of aromatic carboxylic acids is 1. The van der Waals surface area contributed by atoms with Crippen molar-refractivity contribution in [3.05, 3.63) is 65.2 Å². The monoisotopic (exact) mass is 374 g/mol. The van der Waals surface area contributed by atoms with Crippen LogP contribution in [0.1, 0.15) is 62.0 Å². The van der Waals surface area contributed by atoms with Crippen molar-refractivity contribution in [3.63, 3.8) is 0 Å². The normalized spacial score (nSPS) is 17.3. The number of carboxylic acid groups (broad SMARTS) is 1. The van der Waals surface area contributed by atoms with Crippen molar-refractivity contribution in [1.82, 2.24) is 0 Å². The van der Waals surface area contributed by atoms with E-state index in [2.05, 4.69) is 45.9 Å². The third-order valence-electron chi connectivity index (χ3n) is 6.37. The van der Waals surface area contributed by atoms with Gasteiger partial charge in [-0.1, -0.05) is 45.9 Å². The average Bonchev–Trinajstić information content (AvgIpc) is 2.65. The third-order valence-corrected chi connectivity index (χ3v) is 6.37. The Labute approximate surface area is 165 Å². The van der Waals surface area contributed by atoms with Crippen molar-refractivity contribution in [1.29, 1.82) is 0 Å². The van der Waals surface area contributed by atoms with E-state index in [4.69, 9.17) is 5.11 Å². The molecule has 0 spiro atoms. The van der Waals surface area contributed by atoms with Crippen LogP contribution in [0.25, 0.3) is 21.9 Å². The van der Waals surface area contributed by atoms with Gasteiger partial charge in [-0.3, -0.25) is 0 Å². The summed E-state index contributed by atoms with van der Waals surface area (Å²) in [4.78, 5) is 11.1. The molecule has 0 atom stereocenters. The maximum atomic E-state index is 11.1. The van der Waals surface area contributed by atoms with E-state index in [0.29, 0.717) is 0 Å². The molecule has 3 nitrogen and oxygen atoms in total. The summed E-state index contributed by atoms with van der Waals surface area (Å²) in [6.45, 7) is 9.15. The topological polar surface area (TPSA) is 57.5 Å². The molecule has 0 saturated carbocycles. The molecule has 0 aliphatic heterocycles. The first-order chi connectivity index (χ1) is 13.1. The summed E-state index contributed by atoms with van der Waals surface area (Å²) in [7, 11) is 0. The summed E-state index contributed by atoms with van der Waals surface area (Å²) in [5.41, 5.74) is 4.91. The van der Waals surface area contributed by atoms with Gasteiger partial charge in [0, 0.05) is 5.39 Å². The zero-order valence-electron chi connectivity index (χ0n) is 16.8. The van der Waals surface area contributed by atoms with Gasteiger partial charge in [-0.2, -0.15) is 0 Å². The van der Waals surface area contributed by atoms with Crippen LogP contribution >= 0.6 is 0 Å². The summed E-state index contributed by atoms with van der Waals surface area (Å²) in [5.74, 6) is -0.679. The molecule has 144 valence electrons. The van der Waals surface area contributed by atoms with Crippen LogP contribution in [0.3, 0.4) is 0 Å². The maximum absolute atomic E-state index is 11.1. The fourth-order valence-electron chi connectivity index (χ4n) is 4.38. The molecule has 28 heavy (non-hydrogen) atoms. The number of carbonyl (C=O) groups is 1. The highest BCUT2D eigenvalue weighted by Crippen LogP contribution is 2.48. The summed E-state index contributed by atoms with van der Waals surface area (Å²) < 4.78 is 0. The molecule has 1 aliphatic carbocycles. The fraction of sp³-hybridized carbons (Fsp3) is 0.320. The number of benzene rings is 3. The van der Waals surface area contributed by atoms with Crippen LogP contribution < -0.4 is 0 Å². The van der Waals surface area contributed by atoms with Crippen LogP contribution in [0.5, 0.6) is 5.75 Å². The van der Waals surface area contributed by atoms with Crippen LogP contribution in [0.4, 0.5) is 0 Å². The van der Waals surface area contributed by atoms with Gasteiger partial charge < -0.3 is 10.2 Å². The number of phenols is 1. The van der Waals surface area contributed by atoms with Gasteiger partial charge in [0.15, 0.2) is 0 Å². The number of hydrogen-bond acceptors (Lipinski definition) is 2. The molecule has 3 aromatic rings. The lowest BCUT2D eigenvalue weighted by Gasteiger charge is -2.42. The predicted octanol–water partition coefficient (Wildman–Crippen LogP) is 6.26. The number of rotatable bonds is 2. The Kier molecular flexibility index (Phi) is 4.04. The highest BCUT2D eigenvalue weighted by atomic mass is 16.4. The lowest BCUT2D eigenvalue weighted by Crippen LogP contribution is -2.33. The van der Waals surface area contributed by atoms with E-state index >= 15 is 0 Å². The number of aromatic hydroxyl groups is 1. The van der Waals surface area contributed by atoms with E-state index in [0.717, 1.165) is 34.7 Å². The smallest absolute Gasteiger partial charge is 0.335 e. The molecule has 0 unspecified atom stereocenters. The minimum atomic E-state index is -0.940. The minimum Gasteiger partial charge on any atom is -0.507 e. The fourth-order valence-corrected chi connectivity index (χ4v) is 4.38. The lowest BCUT2D eigenvalue weighted by molar-refractivity contribution is 0.0697. The highest BCUT2D eigenvalue weighted by molar-refractivity contribution is 5.94. The van der Waals surface area contributed by atoms with Crippen molar-refractivity contribution in [2.24, 2.45) is 0 Å². The van der Waals surface area contributed by atoms with Gasteiger partial charge in [-0.05, 0) is 81.6 Å². The highest BCUT2D eigenvalue weighted by Gasteiger charge is 2.37. The standard InChI is InChI=1S/C25H26O3/c1-24(2)9-10-25(3,4)21-14-19-18(12-20(21)24)11-17(13-22(19)26)15-5-7-16(8-6-15)23(27)28/h5-8,11-14,26H,9-10H2,1-4H3,(H,27,28). The Balaban J connectivity index is 1.90. The SMILES string of the molecule is CC1(C)CCC(C)(C)c2cc3c(O)cc(-c4ccc(C(=O)O)cc4)cc3cc21. The molecule has 0 radical (unpaired) electrons. The van der Waals surface area contributed by atoms with E-state index in [1.165, 1.54) is 11.1 Å². The third kappa shape index (κ3) is 2.95. The molecule has 3 heteroatoms. The van der Waals surface area contributed by atoms with Crippen LogP contribution in [0.2, 0.25) is 0 Å². The molecule has 4 rings (SSSR count). The van der Waals surface area contributed by atoms with Gasteiger partial charge in [-0.25, -0.2) is 4.79 Å². The van der Waals surface area contributed by atoms with Gasteiger partial charge >= 0.3 is 5.97 Å². The summed E-state index contributed by atoms with van der Waals surface area (Å²) in [6.07, 6.45) is 2.27. The molecular weight excluding hydrogens is 348 g/mol. The van der Waals surface area contributed by atoms with Gasteiger partial charge in [-0.15, -0.1) is 0 Å². The number of fused-ring (bicyclic) bond motifs is 2. The van der Waals surface area contributed by atoms with Gasteiger partial charge in [0.25, 0.3) is 0 Å². The van der Waals surface area contributed by atoms with Crippen LogP contribution in [-0.2, 0) is 10.8 Å². The van der Waals surface area contributed by atoms with Crippen molar-refractivity contribution in [2.75, 3.05) is 0 Å². The van der Waals surface area contributed by atoms with E-state index < -0.39 is 5.97 Å². The van der Waals surface area contributed by atoms with E-state index in [9.17, 15) is 9.90 Å². The first kappa shape index (κ1) is 18.5. The van der Waals surface area contributed by atoms with Crippen LogP contribution in [-0.4, -0.2) is 16.2 Å². The zero-order valence-corrected chi connectivity index (χ0v) is 16.8. The second-order valence-electron chi connectivity index (χ2n) is 9.26. The Morgan fingerprint density at radius 3 is 1.96 bits per heavy atom. The molecule has 2 N–H and O–H groups in total. The van der Waals surface area contributed by atoms with Crippen molar-refractivity contribution in [3.8, 4) is 16.9 Å². The molecule has 0 amide bonds. The van der Waals surface area contributed by atoms with E-state index in [-0.39, 0.29) is 22.1 Å². The molecule has 1 aliphatic rings. The predicted molar refractivity (Wildman–Crippen MR) is 113 cm³/mol. The Morgan fingerprint density at radius 2 is 1.39 bits per heavy atom. The first-order valence-corrected chi connectivity index (χ1v) is 9.74. The molecule has 0 bridgehead atoms. The molecule has 3 aromatic carbocycles. The summed E-state index contributed by atoms with van der Waals surface area (Å²) in [5, 5.41) is 21.7. The maximum Gasteiger partial charge on any atom is 0.335 e. The molecule has 0 heterocycles. The largest absolute Gasteiger partial charge is 0.507 e. The minimum absolute atomic E-state index is 0.0941. The molecule has 0 fully saturated rings.